The Morgan fingerprint density at radius 3 is 2.84 bits per heavy atom. The molecule has 2 aromatic heterocycles. The Bertz CT molecular complexity index is 747. The summed E-state index contributed by atoms with van der Waals surface area (Å²) in [6, 6.07) is 10.0. The first-order valence-corrected chi connectivity index (χ1v) is 8.68. The van der Waals surface area contributed by atoms with Crippen molar-refractivity contribution < 1.29 is 9.53 Å². The predicted octanol–water partition coefficient (Wildman–Crippen LogP) is 2.35. The van der Waals surface area contributed by atoms with Crippen LogP contribution in [0.2, 0.25) is 0 Å². The summed E-state index contributed by atoms with van der Waals surface area (Å²) in [4.78, 5) is 18.1. The normalized spacial score (nSPS) is 19.8. The van der Waals surface area contributed by atoms with E-state index in [1.165, 1.54) is 7.11 Å². The van der Waals surface area contributed by atoms with Crippen LogP contribution >= 0.6 is 12.2 Å². The third-order valence-electron chi connectivity index (χ3n) is 4.49. The number of hydrogen-bond donors (Lipinski definition) is 1. The van der Waals surface area contributed by atoms with Crippen molar-refractivity contribution in [1.82, 2.24) is 19.8 Å². The second kappa shape index (κ2) is 7.65. The molecule has 2 atom stereocenters. The van der Waals surface area contributed by atoms with Crippen molar-refractivity contribution in [1.29, 1.82) is 0 Å². The van der Waals surface area contributed by atoms with Crippen molar-refractivity contribution in [3.05, 3.63) is 54.1 Å². The summed E-state index contributed by atoms with van der Waals surface area (Å²) in [5.41, 5.74) is 2.10. The molecule has 2 aromatic rings. The molecule has 0 aromatic carbocycles. The summed E-state index contributed by atoms with van der Waals surface area (Å²) < 4.78 is 6.83. The average molecular weight is 358 g/mol. The van der Waals surface area contributed by atoms with Gasteiger partial charge >= 0.3 is 5.97 Å². The Kier molecular flexibility index (Phi) is 5.33. The van der Waals surface area contributed by atoms with Crippen LogP contribution < -0.4 is 5.32 Å². The van der Waals surface area contributed by atoms with Crippen molar-refractivity contribution in [2.75, 3.05) is 13.7 Å². The smallest absolute Gasteiger partial charge is 0.305 e. The number of rotatable bonds is 6. The van der Waals surface area contributed by atoms with Gasteiger partial charge < -0.3 is 19.5 Å². The lowest BCUT2D eigenvalue weighted by Crippen LogP contribution is -2.31. The lowest BCUT2D eigenvalue weighted by Gasteiger charge is -2.28. The molecular weight excluding hydrogens is 336 g/mol. The van der Waals surface area contributed by atoms with Crippen LogP contribution in [0.25, 0.3) is 0 Å². The van der Waals surface area contributed by atoms with Gasteiger partial charge in [0.25, 0.3) is 0 Å². The number of carbonyl (C=O) groups excluding carboxylic acids is 1. The molecule has 0 saturated carbocycles. The highest BCUT2D eigenvalue weighted by molar-refractivity contribution is 7.80. The maximum Gasteiger partial charge on any atom is 0.305 e. The number of aryl methyl sites for hydroxylation is 1. The molecule has 3 heterocycles. The molecule has 6 nitrogen and oxygen atoms in total. The number of methoxy groups -OCH3 is 1. The number of esters is 1. The van der Waals surface area contributed by atoms with Gasteiger partial charge in [0.2, 0.25) is 0 Å². The maximum atomic E-state index is 11.4. The fraction of sp³-hybridized carbons (Fsp3) is 0.389. The Balaban J connectivity index is 1.86. The number of carbonyl (C=O) groups is 1. The molecule has 0 amide bonds. The van der Waals surface area contributed by atoms with E-state index in [-0.39, 0.29) is 18.1 Å². The van der Waals surface area contributed by atoms with Crippen LogP contribution in [-0.2, 0) is 16.6 Å². The maximum absolute atomic E-state index is 11.4. The lowest BCUT2D eigenvalue weighted by molar-refractivity contribution is -0.140. The van der Waals surface area contributed by atoms with Gasteiger partial charge in [-0.15, -0.1) is 0 Å². The summed E-state index contributed by atoms with van der Waals surface area (Å²) in [6.45, 7) is 0.681. The number of pyridine rings is 1. The third kappa shape index (κ3) is 3.66. The second-order valence-corrected chi connectivity index (χ2v) is 6.43. The molecule has 25 heavy (non-hydrogen) atoms. The predicted molar refractivity (Wildman–Crippen MR) is 98.8 cm³/mol. The minimum Gasteiger partial charge on any atom is -0.469 e. The van der Waals surface area contributed by atoms with Crippen LogP contribution in [0.1, 0.15) is 36.3 Å². The van der Waals surface area contributed by atoms with Gasteiger partial charge in [-0.3, -0.25) is 9.78 Å². The number of hydrogen-bond acceptors (Lipinski definition) is 4. The van der Waals surface area contributed by atoms with Crippen molar-refractivity contribution in [2.24, 2.45) is 7.05 Å². The summed E-state index contributed by atoms with van der Waals surface area (Å²) >= 11 is 5.58. The van der Waals surface area contributed by atoms with Crippen LogP contribution in [0.4, 0.5) is 0 Å². The van der Waals surface area contributed by atoms with Crippen molar-refractivity contribution in [2.45, 2.75) is 24.9 Å². The van der Waals surface area contributed by atoms with E-state index in [0.29, 0.717) is 24.5 Å². The Labute approximate surface area is 152 Å². The summed E-state index contributed by atoms with van der Waals surface area (Å²) in [6.07, 6.45) is 4.88. The zero-order valence-corrected chi connectivity index (χ0v) is 15.2. The molecule has 0 unspecified atom stereocenters. The minimum atomic E-state index is -0.199. The van der Waals surface area contributed by atoms with Crippen LogP contribution in [-0.4, -0.2) is 39.2 Å². The van der Waals surface area contributed by atoms with E-state index < -0.39 is 0 Å². The highest BCUT2D eigenvalue weighted by Crippen LogP contribution is 2.38. The fourth-order valence-electron chi connectivity index (χ4n) is 3.25. The molecule has 0 spiro atoms. The molecule has 1 aliphatic heterocycles. The first-order valence-electron chi connectivity index (χ1n) is 8.28. The fourth-order valence-corrected chi connectivity index (χ4v) is 3.58. The number of nitrogens with one attached hydrogen (secondary N) is 1. The van der Waals surface area contributed by atoms with E-state index in [1.807, 2.05) is 37.5 Å². The Morgan fingerprint density at radius 1 is 1.36 bits per heavy atom. The van der Waals surface area contributed by atoms with Crippen molar-refractivity contribution in [3.8, 4) is 0 Å². The van der Waals surface area contributed by atoms with E-state index in [0.717, 1.165) is 11.4 Å². The zero-order valence-electron chi connectivity index (χ0n) is 14.4. The van der Waals surface area contributed by atoms with Gasteiger partial charge in [-0.25, -0.2) is 0 Å². The molecule has 1 aliphatic rings. The summed E-state index contributed by atoms with van der Waals surface area (Å²) in [5.74, 6) is -0.199. The van der Waals surface area contributed by atoms with E-state index in [9.17, 15) is 4.79 Å². The van der Waals surface area contributed by atoms with Crippen molar-refractivity contribution >= 4 is 23.3 Å². The van der Waals surface area contributed by atoms with Gasteiger partial charge in [-0.2, -0.15) is 0 Å². The van der Waals surface area contributed by atoms with E-state index >= 15 is 0 Å². The minimum absolute atomic E-state index is 0.0274. The second-order valence-electron chi connectivity index (χ2n) is 6.04. The molecular formula is C18H22N4O2S. The van der Waals surface area contributed by atoms with Gasteiger partial charge in [-0.05, 0) is 42.9 Å². The van der Waals surface area contributed by atoms with Gasteiger partial charge in [0.15, 0.2) is 5.11 Å². The standard InChI is InChI=1S/C18H22N4O2S/c1-21-11-5-8-14(21)17-16(13-7-3-4-10-19-13)20-18(25)22(17)12-6-9-15(23)24-2/h3-5,7-8,10-11,16-17H,6,9,12H2,1-2H3,(H,20,25)/t16-,17+/m1/s1. The monoisotopic (exact) mass is 358 g/mol. The molecule has 0 bridgehead atoms. The van der Waals surface area contributed by atoms with Gasteiger partial charge in [-0.1, -0.05) is 6.07 Å². The van der Waals surface area contributed by atoms with E-state index in [4.69, 9.17) is 17.0 Å². The number of aromatic nitrogens is 2. The highest BCUT2D eigenvalue weighted by atomic mass is 32.1. The van der Waals surface area contributed by atoms with Gasteiger partial charge in [0.05, 0.1) is 24.9 Å². The van der Waals surface area contributed by atoms with E-state index in [1.54, 1.807) is 6.20 Å². The first kappa shape index (κ1) is 17.4. The number of nitrogens with zero attached hydrogens (tertiary/aromatic N) is 3. The average Bonchev–Trinajstić information content (AvgIpc) is 3.18. The molecule has 1 fully saturated rings. The van der Waals surface area contributed by atoms with Crippen molar-refractivity contribution in [3.63, 3.8) is 0 Å². The van der Waals surface area contributed by atoms with Crippen LogP contribution in [0.15, 0.2) is 42.7 Å². The van der Waals surface area contributed by atoms with Crippen LogP contribution in [0, 0.1) is 0 Å². The first-order chi connectivity index (χ1) is 12.1. The molecule has 1 N–H and O–H groups in total. The topological polar surface area (TPSA) is 59.4 Å². The van der Waals surface area contributed by atoms with Crippen LogP contribution in [0.3, 0.4) is 0 Å². The van der Waals surface area contributed by atoms with E-state index in [2.05, 4.69) is 25.8 Å². The van der Waals surface area contributed by atoms with Gasteiger partial charge in [0, 0.05) is 38.1 Å². The Morgan fingerprint density at radius 2 is 2.20 bits per heavy atom. The quantitative estimate of drug-likeness (QED) is 0.632. The largest absolute Gasteiger partial charge is 0.469 e. The molecule has 7 heteroatoms. The highest BCUT2D eigenvalue weighted by Gasteiger charge is 2.40. The molecule has 3 rings (SSSR count). The lowest BCUT2D eigenvalue weighted by atomic mass is 10.0. The van der Waals surface area contributed by atoms with Crippen LogP contribution in [0.5, 0.6) is 0 Å². The summed E-state index contributed by atoms with van der Waals surface area (Å²) in [7, 11) is 3.44. The molecule has 132 valence electrons. The Hall–Kier alpha value is -2.41. The van der Waals surface area contributed by atoms with Gasteiger partial charge in [0.1, 0.15) is 0 Å². The number of thiocarbonyl (C=S) groups is 1. The SMILES string of the molecule is COC(=O)CCCN1C(=S)N[C@H](c2ccccn2)[C@@H]1c1cccn1C. The molecule has 0 radical (unpaired) electrons. The number of ether oxygens (including phenoxy) is 1. The molecule has 1 saturated heterocycles. The zero-order chi connectivity index (χ0) is 17.8. The molecule has 0 aliphatic carbocycles. The summed E-state index contributed by atoms with van der Waals surface area (Å²) in [5, 5.41) is 4.09. The third-order valence-corrected chi connectivity index (χ3v) is 4.84.